The number of hydrogen-bond donors (Lipinski definition) is 2. The highest BCUT2D eigenvalue weighted by Crippen LogP contribution is 2.25. The van der Waals surface area contributed by atoms with Gasteiger partial charge in [-0.25, -0.2) is 0 Å². The van der Waals surface area contributed by atoms with Crippen molar-refractivity contribution < 1.29 is 5.11 Å². The molecule has 1 heterocycles. The van der Waals surface area contributed by atoms with E-state index >= 15 is 0 Å². The Morgan fingerprint density at radius 1 is 1.53 bits per heavy atom. The monoisotopic (exact) mass is 214 g/mol. The Balaban J connectivity index is 2.53. The lowest BCUT2D eigenvalue weighted by Crippen LogP contribution is -2.58. The summed E-state index contributed by atoms with van der Waals surface area (Å²) in [4.78, 5) is 2.37. The van der Waals surface area contributed by atoms with E-state index in [1.54, 1.807) is 0 Å². The van der Waals surface area contributed by atoms with E-state index in [-0.39, 0.29) is 12.1 Å². The summed E-state index contributed by atoms with van der Waals surface area (Å²) in [5, 5.41) is 13.1. The Labute approximate surface area is 93.9 Å². The van der Waals surface area contributed by atoms with E-state index in [9.17, 15) is 5.11 Å². The van der Waals surface area contributed by atoms with Gasteiger partial charge in [0.1, 0.15) is 0 Å². The molecule has 3 heteroatoms. The van der Waals surface area contributed by atoms with Crippen molar-refractivity contribution in [3.05, 3.63) is 0 Å². The third kappa shape index (κ3) is 3.44. The minimum atomic E-state index is -0.0316. The first kappa shape index (κ1) is 12.9. The largest absolute Gasteiger partial charge is 0.394 e. The van der Waals surface area contributed by atoms with Gasteiger partial charge in [0.2, 0.25) is 0 Å². The fourth-order valence-electron chi connectivity index (χ4n) is 2.21. The van der Waals surface area contributed by atoms with Gasteiger partial charge >= 0.3 is 0 Å². The Morgan fingerprint density at radius 2 is 2.20 bits per heavy atom. The van der Waals surface area contributed by atoms with E-state index in [4.69, 9.17) is 0 Å². The van der Waals surface area contributed by atoms with Crippen molar-refractivity contribution in [2.24, 2.45) is 5.92 Å². The van der Waals surface area contributed by atoms with Crippen LogP contribution in [0.15, 0.2) is 0 Å². The average molecular weight is 214 g/mol. The summed E-state index contributed by atoms with van der Waals surface area (Å²) in [5.74, 6) is 0.642. The molecule has 1 aliphatic heterocycles. The lowest BCUT2D eigenvalue weighted by molar-refractivity contribution is 0.0573. The summed E-state index contributed by atoms with van der Waals surface area (Å²) in [6, 6.07) is 0.561. The number of aliphatic hydroxyl groups is 1. The molecule has 0 radical (unpaired) electrons. The van der Waals surface area contributed by atoms with Crippen LogP contribution in [0.2, 0.25) is 0 Å². The quantitative estimate of drug-likeness (QED) is 0.735. The molecule has 1 aliphatic rings. The highest BCUT2D eigenvalue weighted by Gasteiger charge is 2.35. The molecule has 0 spiro atoms. The molecular weight excluding hydrogens is 188 g/mol. The van der Waals surface area contributed by atoms with Crippen LogP contribution in [-0.2, 0) is 0 Å². The lowest BCUT2D eigenvalue weighted by Gasteiger charge is -2.44. The predicted molar refractivity (Wildman–Crippen MR) is 64.0 cm³/mol. The molecule has 0 aliphatic carbocycles. The SMILES string of the molecule is CC(C)CNC1(CO)CCN(C)C(C)C1. The van der Waals surface area contributed by atoms with Crippen LogP contribution in [-0.4, -0.2) is 48.3 Å². The number of aliphatic hydroxyl groups excluding tert-OH is 1. The molecule has 0 aromatic carbocycles. The van der Waals surface area contributed by atoms with Gasteiger partial charge in [-0.05, 0) is 45.8 Å². The van der Waals surface area contributed by atoms with E-state index < -0.39 is 0 Å². The highest BCUT2D eigenvalue weighted by molar-refractivity contribution is 4.95. The maximum absolute atomic E-state index is 9.58. The van der Waals surface area contributed by atoms with Crippen molar-refractivity contribution >= 4 is 0 Å². The summed E-state index contributed by atoms with van der Waals surface area (Å²) in [6.45, 7) is 8.98. The Hall–Kier alpha value is -0.120. The number of hydrogen-bond acceptors (Lipinski definition) is 3. The number of rotatable bonds is 4. The van der Waals surface area contributed by atoms with Gasteiger partial charge in [-0.3, -0.25) is 0 Å². The predicted octanol–water partition coefficient (Wildman–Crippen LogP) is 1.08. The molecule has 1 saturated heterocycles. The van der Waals surface area contributed by atoms with Crippen molar-refractivity contribution in [1.82, 2.24) is 10.2 Å². The number of likely N-dealkylation sites (tertiary alicyclic amines) is 1. The molecular formula is C12H26N2O. The third-order valence-electron chi connectivity index (χ3n) is 3.57. The van der Waals surface area contributed by atoms with Crippen molar-refractivity contribution in [1.29, 1.82) is 0 Å². The Morgan fingerprint density at radius 3 is 2.67 bits per heavy atom. The van der Waals surface area contributed by atoms with Gasteiger partial charge in [-0.2, -0.15) is 0 Å². The van der Waals surface area contributed by atoms with E-state index in [0.717, 1.165) is 25.9 Å². The molecule has 0 bridgehead atoms. The Kier molecular flexibility index (Phi) is 4.56. The summed E-state index contributed by atoms with van der Waals surface area (Å²) in [5.41, 5.74) is -0.0316. The molecule has 1 fully saturated rings. The maximum atomic E-state index is 9.58. The smallest absolute Gasteiger partial charge is 0.0614 e. The van der Waals surface area contributed by atoms with E-state index in [1.807, 2.05) is 0 Å². The molecule has 2 atom stereocenters. The van der Waals surface area contributed by atoms with Gasteiger partial charge in [-0.15, -0.1) is 0 Å². The molecule has 0 aromatic heterocycles. The molecule has 3 nitrogen and oxygen atoms in total. The van der Waals surface area contributed by atoms with Crippen LogP contribution in [0.1, 0.15) is 33.6 Å². The van der Waals surface area contributed by atoms with E-state index in [1.165, 1.54) is 0 Å². The van der Waals surface area contributed by atoms with Gasteiger partial charge in [0.25, 0.3) is 0 Å². The summed E-state index contributed by atoms with van der Waals surface area (Å²) in [6.07, 6.45) is 2.10. The standard InChI is InChI=1S/C12H26N2O/c1-10(2)8-13-12(9-15)5-6-14(4)11(3)7-12/h10-11,13,15H,5-9H2,1-4H3. The van der Waals surface area contributed by atoms with Crippen LogP contribution >= 0.6 is 0 Å². The molecule has 0 amide bonds. The zero-order valence-electron chi connectivity index (χ0n) is 10.6. The normalized spacial score (nSPS) is 33.6. The van der Waals surface area contributed by atoms with E-state index in [2.05, 4.69) is 38.0 Å². The molecule has 2 unspecified atom stereocenters. The minimum absolute atomic E-state index is 0.0316. The van der Waals surface area contributed by atoms with Gasteiger partial charge in [0, 0.05) is 11.6 Å². The fourth-order valence-corrected chi connectivity index (χ4v) is 2.21. The van der Waals surface area contributed by atoms with Crippen molar-refractivity contribution in [3.63, 3.8) is 0 Å². The second kappa shape index (κ2) is 5.28. The van der Waals surface area contributed by atoms with Crippen LogP contribution < -0.4 is 5.32 Å². The summed E-state index contributed by atoms with van der Waals surface area (Å²) in [7, 11) is 2.16. The molecule has 0 saturated carbocycles. The fraction of sp³-hybridized carbons (Fsp3) is 1.00. The van der Waals surface area contributed by atoms with Crippen molar-refractivity contribution in [3.8, 4) is 0 Å². The Bertz CT molecular complexity index is 196. The topological polar surface area (TPSA) is 35.5 Å². The number of nitrogens with zero attached hydrogens (tertiary/aromatic N) is 1. The lowest BCUT2D eigenvalue weighted by atomic mass is 9.84. The summed E-state index contributed by atoms with van der Waals surface area (Å²) >= 11 is 0. The highest BCUT2D eigenvalue weighted by atomic mass is 16.3. The minimum Gasteiger partial charge on any atom is -0.394 e. The molecule has 2 N–H and O–H groups in total. The first-order valence-electron chi connectivity index (χ1n) is 6.05. The number of piperidine rings is 1. The van der Waals surface area contributed by atoms with E-state index in [0.29, 0.717) is 12.0 Å². The molecule has 1 rings (SSSR count). The maximum Gasteiger partial charge on any atom is 0.0614 e. The first-order valence-corrected chi connectivity index (χ1v) is 6.05. The average Bonchev–Trinajstić information content (AvgIpc) is 2.20. The summed E-state index contributed by atoms with van der Waals surface area (Å²) < 4.78 is 0. The van der Waals surface area contributed by atoms with Crippen LogP contribution in [0.4, 0.5) is 0 Å². The second-order valence-electron chi connectivity index (χ2n) is 5.50. The zero-order valence-corrected chi connectivity index (χ0v) is 10.6. The van der Waals surface area contributed by atoms with Gasteiger partial charge in [0.15, 0.2) is 0 Å². The molecule has 15 heavy (non-hydrogen) atoms. The van der Waals surface area contributed by atoms with Crippen molar-refractivity contribution in [2.45, 2.75) is 45.2 Å². The van der Waals surface area contributed by atoms with Crippen LogP contribution in [0.25, 0.3) is 0 Å². The molecule has 90 valence electrons. The second-order valence-corrected chi connectivity index (χ2v) is 5.50. The van der Waals surface area contributed by atoms with Gasteiger partial charge in [-0.1, -0.05) is 13.8 Å². The van der Waals surface area contributed by atoms with Gasteiger partial charge < -0.3 is 15.3 Å². The van der Waals surface area contributed by atoms with Crippen LogP contribution in [0.3, 0.4) is 0 Å². The van der Waals surface area contributed by atoms with Crippen molar-refractivity contribution in [2.75, 3.05) is 26.7 Å². The first-order chi connectivity index (χ1) is 6.99. The van der Waals surface area contributed by atoms with Crippen LogP contribution in [0.5, 0.6) is 0 Å². The third-order valence-corrected chi connectivity index (χ3v) is 3.57. The zero-order chi connectivity index (χ0) is 11.5. The van der Waals surface area contributed by atoms with Crippen LogP contribution in [0, 0.1) is 5.92 Å². The molecule has 0 aromatic rings. The van der Waals surface area contributed by atoms with Gasteiger partial charge in [0.05, 0.1) is 6.61 Å². The number of nitrogens with one attached hydrogen (secondary N) is 1.